The van der Waals surface area contributed by atoms with Gasteiger partial charge in [-0.05, 0) is 51.8 Å². The molecule has 2 rings (SSSR count). The van der Waals surface area contributed by atoms with Crippen LogP contribution < -0.4 is 0 Å². The lowest BCUT2D eigenvalue weighted by Crippen LogP contribution is -2.46. The lowest BCUT2D eigenvalue weighted by molar-refractivity contribution is 0.0134. The van der Waals surface area contributed by atoms with Gasteiger partial charge in [-0.25, -0.2) is 0 Å². The number of methoxy groups -OCH3 is 1. The summed E-state index contributed by atoms with van der Waals surface area (Å²) in [6, 6.07) is 11.5. The SMILES string of the molecule is COCC1(Cc2ccccc2)CCN(C(C)C)CC1. The highest BCUT2D eigenvalue weighted by Crippen LogP contribution is 2.36. The van der Waals surface area contributed by atoms with Crippen LogP contribution in [0.5, 0.6) is 0 Å². The van der Waals surface area contributed by atoms with Gasteiger partial charge in [-0.2, -0.15) is 0 Å². The third-order valence-corrected chi connectivity index (χ3v) is 4.46. The van der Waals surface area contributed by atoms with Gasteiger partial charge in [-0.1, -0.05) is 30.3 Å². The van der Waals surface area contributed by atoms with Gasteiger partial charge in [0.05, 0.1) is 6.61 Å². The van der Waals surface area contributed by atoms with Crippen LogP contribution in [0.25, 0.3) is 0 Å². The first-order chi connectivity index (χ1) is 9.15. The molecule has 2 heteroatoms. The molecule has 0 atom stereocenters. The van der Waals surface area contributed by atoms with Gasteiger partial charge in [0, 0.05) is 18.6 Å². The van der Waals surface area contributed by atoms with E-state index in [2.05, 4.69) is 49.1 Å². The Balaban J connectivity index is 2.03. The van der Waals surface area contributed by atoms with Gasteiger partial charge in [0.2, 0.25) is 0 Å². The van der Waals surface area contributed by atoms with Crippen molar-refractivity contribution in [3.63, 3.8) is 0 Å². The molecule has 0 unspecified atom stereocenters. The molecule has 0 radical (unpaired) electrons. The lowest BCUT2D eigenvalue weighted by Gasteiger charge is -2.43. The number of likely N-dealkylation sites (tertiary alicyclic amines) is 1. The van der Waals surface area contributed by atoms with E-state index in [1.807, 2.05) is 7.11 Å². The summed E-state index contributed by atoms with van der Waals surface area (Å²) in [4.78, 5) is 2.58. The smallest absolute Gasteiger partial charge is 0.0522 e. The van der Waals surface area contributed by atoms with Crippen molar-refractivity contribution in [3.05, 3.63) is 35.9 Å². The molecule has 19 heavy (non-hydrogen) atoms. The average Bonchev–Trinajstić information content (AvgIpc) is 2.40. The fraction of sp³-hybridized carbons (Fsp3) is 0.647. The second kappa shape index (κ2) is 6.53. The van der Waals surface area contributed by atoms with Crippen LogP contribution in [0.1, 0.15) is 32.3 Å². The monoisotopic (exact) mass is 261 g/mol. The van der Waals surface area contributed by atoms with Gasteiger partial charge in [-0.15, -0.1) is 0 Å². The quantitative estimate of drug-likeness (QED) is 0.806. The van der Waals surface area contributed by atoms with E-state index in [4.69, 9.17) is 4.74 Å². The molecule has 1 fully saturated rings. The topological polar surface area (TPSA) is 12.5 Å². The Labute approximate surface area is 117 Å². The number of nitrogens with zero attached hydrogens (tertiary/aromatic N) is 1. The summed E-state index contributed by atoms with van der Waals surface area (Å²) < 4.78 is 5.53. The molecule has 0 aromatic heterocycles. The number of rotatable bonds is 5. The average molecular weight is 261 g/mol. The third kappa shape index (κ3) is 3.80. The van der Waals surface area contributed by atoms with Crippen LogP contribution in [0.4, 0.5) is 0 Å². The predicted octanol–water partition coefficient (Wildman–Crippen LogP) is 3.37. The van der Waals surface area contributed by atoms with E-state index in [0.29, 0.717) is 11.5 Å². The number of benzene rings is 1. The van der Waals surface area contributed by atoms with Gasteiger partial charge < -0.3 is 9.64 Å². The van der Waals surface area contributed by atoms with E-state index in [0.717, 1.165) is 13.0 Å². The molecule has 1 heterocycles. The van der Waals surface area contributed by atoms with Crippen molar-refractivity contribution < 1.29 is 4.74 Å². The molecule has 0 saturated carbocycles. The fourth-order valence-electron chi connectivity index (χ4n) is 3.22. The first-order valence-electron chi connectivity index (χ1n) is 7.42. The Morgan fingerprint density at radius 3 is 2.32 bits per heavy atom. The second-order valence-corrected chi connectivity index (χ2v) is 6.23. The van der Waals surface area contributed by atoms with Crippen LogP contribution in [0.3, 0.4) is 0 Å². The minimum absolute atomic E-state index is 0.335. The Morgan fingerprint density at radius 1 is 1.16 bits per heavy atom. The summed E-state index contributed by atoms with van der Waals surface area (Å²) in [6.45, 7) is 7.87. The minimum Gasteiger partial charge on any atom is -0.384 e. The summed E-state index contributed by atoms with van der Waals surface area (Å²) in [7, 11) is 1.83. The standard InChI is InChI=1S/C17H27NO/c1-15(2)18-11-9-17(10-12-18,14-19-3)13-16-7-5-4-6-8-16/h4-8,15H,9-14H2,1-3H3. The molecule has 1 aliphatic rings. The molecule has 0 spiro atoms. The van der Waals surface area contributed by atoms with Crippen molar-refractivity contribution in [3.8, 4) is 0 Å². The van der Waals surface area contributed by atoms with Gasteiger partial charge >= 0.3 is 0 Å². The molecular formula is C17H27NO. The van der Waals surface area contributed by atoms with Gasteiger partial charge in [0.1, 0.15) is 0 Å². The Bertz CT molecular complexity index is 366. The van der Waals surface area contributed by atoms with Gasteiger partial charge in [0.25, 0.3) is 0 Å². The maximum atomic E-state index is 5.53. The van der Waals surface area contributed by atoms with Crippen LogP contribution in [-0.4, -0.2) is 37.7 Å². The Kier molecular flexibility index (Phi) is 5.00. The molecule has 1 aliphatic heterocycles. The van der Waals surface area contributed by atoms with Crippen molar-refractivity contribution in [1.29, 1.82) is 0 Å². The highest BCUT2D eigenvalue weighted by Gasteiger charge is 2.35. The summed E-state index contributed by atoms with van der Waals surface area (Å²) in [5.74, 6) is 0. The Morgan fingerprint density at radius 2 is 1.79 bits per heavy atom. The summed E-state index contributed by atoms with van der Waals surface area (Å²) in [6.07, 6.45) is 3.63. The summed E-state index contributed by atoms with van der Waals surface area (Å²) in [5, 5.41) is 0. The van der Waals surface area contributed by atoms with Crippen LogP contribution >= 0.6 is 0 Å². The van der Waals surface area contributed by atoms with Crippen LogP contribution in [-0.2, 0) is 11.2 Å². The zero-order chi connectivity index (χ0) is 13.7. The number of ether oxygens (including phenoxy) is 1. The van der Waals surface area contributed by atoms with E-state index < -0.39 is 0 Å². The van der Waals surface area contributed by atoms with Gasteiger partial charge in [-0.3, -0.25) is 0 Å². The molecule has 0 bridgehead atoms. The highest BCUT2D eigenvalue weighted by molar-refractivity contribution is 5.17. The van der Waals surface area contributed by atoms with Crippen molar-refractivity contribution in [2.75, 3.05) is 26.8 Å². The Hall–Kier alpha value is -0.860. The zero-order valence-electron chi connectivity index (χ0n) is 12.6. The largest absolute Gasteiger partial charge is 0.384 e. The van der Waals surface area contributed by atoms with Crippen LogP contribution in [0, 0.1) is 5.41 Å². The van der Waals surface area contributed by atoms with Crippen molar-refractivity contribution in [2.45, 2.75) is 39.2 Å². The first kappa shape index (κ1) is 14.5. The maximum absolute atomic E-state index is 5.53. The first-order valence-corrected chi connectivity index (χ1v) is 7.42. The molecular weight excluding hydrogens is 234 g/mol. The number of hydrogen-bond donors (Lipinski definition) is 0. The van der Waals surface area contributed by atoms with E-state index >= 15 is 0 Å². The van der Waals surface area contributed by atoms with Crippen LogP contribution in [0.15, 0.2) is 30.3 Å². The number of hydrogen-bond acceptors (Lipinski definition) is 2. The zero-order valence-corrected chi connectivity index (χ0v) is 12.6. The van der Waals surface area contributed by atoms with E-state index in [1.165, 1.54) is 31.5 Å². The lowest BCUT2D eigenvalue weighted by atomic mass is 9.74. The molecule has 0 N–H and O–H groups in total. The third-order valence-electron chi connectivity index (χ3n) is 4.46. The van der Waals surface area contributed by atoms with Gasteiger partial charge in [0.15, 0.2) is 0 Å². The minimum atomic E-state index is 0.335. The van der Waals surface area contributed by atoms with E-state index in [9.17, 15) is 0 Å². The van der Waals surface area contributed by atoms with Crippen molar-refractivity contribution >= 4 is 0 Å². The normalized spacial score (nSPS) is 19.8. The molecule has 1 aromatic carbocycles. The fourth-order valence-corrected chi connectivity index (χ4v) is 3.22. The van der Waals surface area contributed by atoms with E-state index in [1.54, 1.807) is 0 Å². The van der Waals surface area contributed by atoms with E-state index in [-0.39, 0.29) is 0 Å². The molecule has 0 aliphatic carbocycles. The summed E-state index contributed by atoms with van der Waals surface area (Å²) in [5.41, 5.74) is 1.78. The van der Waals surface area contributed by atoms with Crippen molar-refractivity contribution in [2.24, 2.45) is 5.41 Å². The molecule has 1 saturated heterocycles. The molecule has 106 valence electrons. The maximum Gasteiger partial charge on any atom is 0.0522 e. The molecule has 2 nitrogen and oxygen atoms in total. The molecule has 1 aromatic rings. The predicted molar refractivity (Wildman–Crippen MR) is 80.4 cm³/mol. The second-order valence-electron chi connectivity index (χ2n) is 6.23. The van der Waals surface area contributed by atoms with Crippen LogP contribution in [0.2, 0.25) is 0 Å². The van der Waals surface area contributed by atoms with Crippen molar-refractivity contribution in [1.82, 2.24) is 4.90 Å². The molecule has 0 amide bonds. The number of piperidine rings is 1. The highest BCUT2D eigenvalue weighted by atomic mass is 16.5. The summed E-state index contributed by atoms with van der Waals surface area (Å²) >= 11 is 0.